The minimum absolute atomic E-state index is 0.0224. The summed E-state index contributed by atoms with van der Waals surface area (Å²) in [6.45, 7) is 0. The van der Waals surface area contributed by atoms with E-state index in [4.69, 9.17) is 5.73 Å². The van der Waals surface area contributed by atoms with Crippen molar-refractivity contribution in [1.29, 1.82) is 0 Å². The van der Waals surface area contributed by atoms with Crippen LogP contribution in [0.2, 0.25) is 0 Å². The van der Waals surface area contributed by atoms with E-state index in [2.05, 4.69) is 10.0 Å². The lowest BCUT2D eigenvalue weighted by Gasteiger charge is -2.13. The van der Waals surface area contributed by atoms with E-state index in [1.54, 1.807) is 30.3 Å². The molecule has 0 spiro atoms. The van der Waals surface area contributed by atoms with Crippen molar-refractivity contribution >= 4 is 33.3 Å². The van der Waals surface area contributed by atoms with Gasteiger partial charge in [-0.1, -0.05) is 18.2 Å². The molecule has 1 aliphatic heterocycles. The number of hydrogen-bond donors (Lipinski definition) is 3. The number of benzene rings is 2. The number of sulfonamides is 1. The van der Waals surface area contributed by atoms with E-state index in [0.717, 1.165) is 10.6 Å². The highest BCUT2D eigenvalue weighted by Crippen LogP contribution is 2.24. The fraction of sp³-hybridized carbons (Fsp3) is 0. The van der Waals surface area contributed by atoms with E-state index in [1.807, 2.05) is 0 Å². The first-order chi connectivity index (χ1) is 13.8. The van der Waals surface area contributed by atoms with E-state index in [1.165, 1.54) is 24.3 Å². The van der Waals surface area contributed by atoms with Gasteiger partial charge in [-0.3, -0.25) is 29.0 Å². The fourth-order valence-corrected chi connectivity index (χ4v) is 4.10. The first-order valence-corrected chi connectivity index (χ1v) is 9.86. The number of para-hydroxylation sites is 1. The van der Waals surface area contributed by atoms with E-state index < -0.39 is 27.4 Å². The molecular formula is C19H14N4O5S. The van der Waals surface area contributed by atoms with Crippen LogP contribution in [0.1, 0.15) is 20.7 Å². The van der Waals surface area contributed by atoms with Crippen LogP contribution in [0.5, 0.6) is 0 Å². The van der Waals surface area contributed by atoms with Gasteiger partial charge in [0.15, 0.2) is 0 Å². The van der Waals surface area contributed by atoms with Gasteiger partial charge >= 0.3 is 0 Å². The van der Waals surface area contributed by atoms with Crippen LogP contribution in [0.3, 0.4) is 0 Å². The summed E-state index contributed by atoms with van der Waals surface area (Å²) in [5.74, 6) is -1.58. The third-order valence-corrected chi connectivity index (χ3v) is 5.78. The number of pyridine rings is 1. The largest absolute Gasteiger partial charge is 0.384 e. The molecule has 0 bridgehead atoms. The van der Waals surface area contributed by atoms with Gasteiger partial charge in [-0.2, -0.15) is 0 Å². The van der Waals surface area contributed by atoms with E-state index in [-0.39, 0.29) is 27.5 Å². The molecule has 3 aromatic rings. The summed E-state index contributed by atoms with van der Waals surface area (Å²) in [5.41, 5.74) is 5.83. The van der Waals surface area contributed by atoms with Crippen molar-refractivity contribution in [3.8, 4) is 5.69 Å². The average Bonchev–Trinajstić information content (AvgIpc) is 2.96. The third kappa shape index (κ3) is 3.15. The predicted octanol–water partition coefficient (Wildman–Crippen LogP) is 1.10. The van der Waals surface area contributed by atoms with Crippen molar-refractivity contribution in [2.75, 3.05) is 10.5 Å². The molecule has 4 rings (SSSR count). The van der Waals surface area contributed by atoms with Crippen LogP contribution in [-0.4, -0.2) is 24.8 Å². The standard InChI is InChI=1S/C19H14N4O5S/c20-17-16-14(18(25)21-19(16)26)10-15(24)23(17)12-6-8-13(9-7-12)29(27,28)22-11-4-2-1-3-5-11/h1-10,22H,20H2,(H,21,25,26). The zero-order valence-electron chi connectivity index (χ0n) is 14.7. The molecule has 1 aromatic heterocycles. The highest BCUT2D eigenvalue weighted by molar-refractivity contribution is 7.92. The lowest BCUT2D eigenvalue weighted by Crippen LogP contribution is -2.24. The van der Waals surface area contributed by atoms with Crippen molar-refractivity contribution in [3.63, 3.8) is 0 Å². The minimum atomic E-state index is -3.84. The second-order valence-electron chi connectivity index (χ2n) is 6.24. The molecule has 2 heterocycles. The minimum Gasteiger partial charge on any atom is -0.384 e. The second kappa shape index (κ2) is 6.60. The van der Waals surface area contributed by atoms with Gasteiger partial charge in [0.05, 0.1) is 21.7 Å². The van der Waals surface area contributed by atoms with E-state index in [9.17, 15) is 22.8 Å². The van der Waals surface area contributed by atoms with Crippen LogP contribution >= 0.6 is 0 Å². The summed E-state index contributed by atoms with van der Waals surface area (Å²) in [5, 5.41) is 2.08. The maximum atomic E-state index is 12.5. The Morgan fingerprint density at radius 2 is 1.55 bits per heavy atom. The number of anilines is 2. The number of fused-ring (bicyclic) bond motifs is 1. The summed E-state index contributed by atoms with van der Waals surface area (Å²) in [6, 6.07) is 14.8. The molecule has 0 saturated heterocycles. The number of hydrogen-bond acceptors (Lipinski definition) is 6. The van der Waals surface area contributed by atoms with Crippen LogP contribution in [0.25, 0.3) is 5.69 Å². The molecule has 0 unspecified atom stereocenters. The summed E-state index contributed by atoms with van der Waals surface area (Å²) in [7, 11) is -3.84. The Bertz CT molecular complexity index is 1310. The topological polar surface area (TPSA) is 140 Å². The molecule has 9 nitrogen and oxygen atoms in total. The van der Waals surface area contributed by atoms with Gasteiger partial charge in [0.1, 0.15) is 5.82 Å². The van der Waals surface area contributed by atoms with Gasteiger partial charge in [-0.25, -0.2) is 8.42 Å². The number of rotatable bonds is 4. The maximum absolute atomic E-state index is 12.5. The Balaban J connectivity index is 1.73. The van der Waals surface area contributed by atoms with Gasteiger partial charge in [-0.05, 0) is 36.4 Å². The maximum Gasteiger partial charge on any atom is 0.262 e. The smallest absolute Gasteiger partial charge is 0.262 e. The molecule has 2 aromatic carbocycles. The number of nitrogens with two attached hydrogens (primary N) is 1. The Kier molecular flexibility index (Phi) is 4.20. The van der Waals surface area contributed by atoms with Crippen LogP contribution in [-0.2, 0) is 10.0 Å². The number of carbonyl (C=O) groups is 2. The summed E-state index contributed by atoms with van der Waals surface area (Å²) in [4.78, 5) is 36.1. The molecule has 29 heavy (non-hydrogen) atoms. The molecular weight excluding hydrogens is 396 g/mol. The lowest BCUT2D eigenvalue weighted by atomic mass is 10.1. The highest BCUT2D eigenvalue weighted by atomic mass is 32.2. The van der Waals surface area contributed by atoms with Crippen molar-refractivity contribution in [3.05, 3.63) is 82.1 Å². The molecule has 2 amide bonds. The number of nitrogens with one attached hydrogen (secondary N) is 2. The number of amides is 2. The molecule has 10 heteroatoms. The van der Waals surface area contributed by atoms with Gasteiger partial charge in [0, 0.05) is 11.8 Å². The number of imide groups is 1. The van der Waals surface area contributed by atoms with Gasteiger partial charge in [0.25, 0.3) is 27.4 Å². The molecule has 0 atom stereocenters. The van der Waals surface area contributed by atoms with Crippen molar-refractivity contribution in [2.24, 2.45) is 0 Å². The molecule has 0 radical (unpaired) electrons. The van der Waals surface area contributed by atoms with Crippen molar-refractivity contribution in [2.45, 2.75) is 4.90 Å². The van der Waals surface area contributed by atoms with Gasteiger partial charge in [0.2, 0.25) is 0 Å². The van der Waals surface area contributed by atoms with Crippen LogP contribution in [0.15, 0.2) is 70.4 Å². The Labute approximate surface area is 164 Å². The summed E-state index contributed by atoms with van der Waals surface area (Å²) < 4.78 is 28.5. The van der Waals surface area contributed by atoms with E-state index in [0.29, 0.717) is 5.69 Å². The molecule has 4 N–H and O–H groups in total. The lowest BCUT2D eigenvalue weighted by molar-refractivity contribution is 0.0880. The average molecular weight is 410 g/mol. The second-order valence-corrected chi connectivity index (χ2v) is 7.92. The molecule has 146 valence electrons. The number of aromatic nitrogens is 1. The van der Waals surface area contributed by atoms with Crippen LogP contribution in [0.4, 0.5) is 11.5 Å². The van der Waals surface area contributed by atoms with Crippen molar-refractivity contribution < 1.29 is 18.0 Å². The van der Waals surface area contributed by atoms with Gasteiger partial charge < -0.3 is 5.73 Å². The molecule has 0 aliphatic carbocycles. The zero-order valence-corrected chi connectivity index (χ0v) is 15.6. The van der Waals surface area contributed by atoms with E-state index >= 15 is 0 Å². The number of nitrogens with zero attached hydrogens (tertiary/aromatic N) is 1. The molecule has 0 fully saturated rings. The third-order valence-electron chi connectivity index (χ3n) is 4.38. The fourth-order valence-electron chi connectivity index (χ4n) is 3.04. The number of carbonyl (C=O) groups excluding carboxylic acids is 2. The van der Waals surface area contributed by atoms with Crippen LogP contribution in [0, 0.1) is 0 Å². The Hall–Kier alpha value is -3.92. The first kappa shape index (κ1) is 18.4. The number of nitrogen functional groups attached to an aromatic ring is 1. The molecule has 0 saturated carbocycles. The Morgan fingerprint density at radius 3 is 2.21 bits per heavy atom. The monoisotopic (exact) mass is 410 g/mol. The quantitative estimate of drug-likeness (QED) is 0.550. The molecule has 1 aliphatic rings. The van der Waals surface area contributed by atoms with Crippen LogP contribution < -0.4 is 21.3 Å². The highest BCUT2D eigenvalue weighted by Gasteiger charge is 2.31. The van der Waals surface area contributed by atoms with Crippen molar-refractivity contribution in [1.82, 2.24) is 9.88 Å². The predicted molar refractivity (Wildman–Crippen MR) is 105 cm³/mol. The first-order valence-electron chi connectivity index (χ1n) is 8.37. The summed E-state index contributed by atoms with van der Waals surface area (Å²) >= 11 is 0. The summed E-state index contributed by atoms with van der Waals surface area (Å²) in [6.07, 6.45) is 0. The Morgan fingerprint density at radius 1 is 0.897 bits per heavy atom. The van der Waals surface area contributed by atoms with Gasteiger partial charge in [-0.15, -0.1) is 0 Å². The SMILES string of the molecule is Nc1c2c(cc(=O)n1-c1ccc(S(=O)(=O)Nc3ccccc3)cc1)C(=O)NC2=O. The normalized spacial score (nSPS) is 13.1. The zero-order chi connectivity index (χ0) is 20.8.